The molecule has 1 aliphatic heterocycles. The lowest BCUT2D eigenvalue weighted by atomic mass is 9.86. The topological polar surface area (TPSA) is 38.7 Å². The Morgan fingerprint density at radius 3 is 2.36 bits per heavy atom. The quantitative estimate of drug-likeness (QED) is 0.886. The van der Waals surface area contributed by atoms with Gasteiger partial charge < -0.3 is 14.6 Å². The third kappa shape index (κ3) is 3.40. The Morgan fingerprint density at radius 2 is 1.77 bits per heavy atom. The molecular formula is C19H30O3. The number of ether oxygens (including phenoxy) is 2. The van der Waals surface area contributed by atoms with E-state index in [2.05, 4.69) is 27.7 Å². The highest BCUT2D eigenvalue weighted by molar-refractivity contribution is 5.58. The van der Waals surface area contributed by atoms with Gasteiger partial charge in [-0.15, -0.1) is 0 Å². The van der Waals surface area contributed by atoms with E-state index in [1.807, 2.05) is 20.8 Å². The number of phenolic OH excluding ortho intramolecular Hbond substituents is 1. The third-order valence-electron chi connectivity index (χ3n) is 4.76. The summed E-state index contributed by atoms with van der Waals surface area (Å²) in [5.74, 6) is 1.39. The van der Waals surface area contributed by atoms with Crippen molar-refractivity contribution in [3.05, 3.63) is 22.3 Å². The van der Waals surface area contributed by atoms with Gasteiger partial charge in [-0.1, -0.05) is 0 Å². The lowest BCUT2D eigenvalue weighted by Gasteiger charge is -2.38. The van der Waals surface area contributed by atoms with Crippen molar-refractivity contribution < 1.29 is 14.6 Å². The first-order valence-corrected chi connectivity index (χ1v) is 8.19. The minimum absolute atomic E-state index is 0.113. The van der Waals surface area contributed by atoms with Crippen LogP contribution in [0, 0.1) is 20.8 Å². The predicted octanol–water partition coefficient (Wildman–Crippen LogP) is 4.61. The van der Waals surface area contributed by atoms with Gasteiger partial charge >= 0.3 is 0 Å². The molecule has 1 aliphatic rings. The normalized spacial score (nSPS) is 21.4. The van der Waals surface area contributed by atoms with E-state index in [0.717, 1.165) is 47.3 Å². The number of fused-ring (bicyclic) bond motifs is 1. The summed E-state index contributed by atoms with van der Waals surface area (Å²) in [5, 5.41) is 10.2. The highest BCUT2D eigenvalue weighted by atomic mass is 16.5. The molecule has 0 radical (unpaired) electrons. The zero-order chi connectivity index (χ0) is 16.7. The zero-order valence-electron chi connectivity index (χ0n) is 15.1. The molecule has 1 aromatic carbocycles. The van der Waals surface area contributed by atoms with Crippen molar-refractivity contribution in [1.82, 2.24) is 0 Å². The van der Waals surface area contributed by atoms with E-state index < -0.39 is 0 Å². The third-order valence-corrected chi connectivity index (χ3v) is 4.76. The Morgan fingerprint density at radius 1 is 1.14 bits per heavy atom. The van der Waals surface area contributed by atoms with Gasteiger partial charge in [0.1, 0.15) is 17.1 Å². The molecule has 0 saturated carbocycles. The Labute approximate surface area is 134 Å². The second-order valence-electron chi connectivity index (χ2n) is 7.79. The van der Waals surface area contributed by atoms with Crippen LogP contribution in [-0.4, -0.2) is 22.9 Å². The Bertz CT molecular complexity index is 569. The van der Waals surface area contributed by atoms with Gasteiger partial charge in [-0.3, -0.25) is 0 Å². The second-order valence-corrected chi connectivity index (χ2v) is 7.79. The summed E-state index contributed by atoms with van der Waals surface area (Å²) in [6.45, 7) is 15.1. The second kappa shape index (κ2) is 5.77. The predicted molar refractivity (Wildman–Crippen MR) is 90.0 cm³/mol. The van der Waals surface area contributed by atoms with Gasteiger partial charge in [0.2, 0.25) is 0 Å². The molecule has 0 amide bonds. The molecule has 0 unspecified atom stereocenters. The average Bonchev–Trinajstić information content (AvgIpc) is 2.41. The van der Waals surface area contributed by atoms with Crippen molar-refractivity contribution in [2.45, 2.75) is 78.9 Å². The molecule has 1 N–H and O–H groups in total. The lowest BCUT2D eigenvalue weighted by molar-refractivity contribution is -0.0387. The number of rotatable bonds is 3. The number of phenols is 1. The van der Waals surface area contributed by atoms with Crippen LogP contribution in [0.25, 0.3) is 0 Å². The van der Waals surface area contributed by atoms with Gasteiger partial charge in [0.25, 0.3) is 0 Å². The van der Waals surface area contributed by atoms with Crippen LogP contribution in [0.3, 0.4) is 0 Å². The van der Waals surface area contributed by atoms with Crippen LogP contribution in [0.1, 0.15) is 62.8 Å². The molecule has 3 nitrogen and oxygen atoms in total. The standard InChI is InChI=1S/C19H30O3/c1-12-13(2)17-15(14(3)16(12)20)8-9-19(7,22-17)10-11-21-18(4,5)6/h20H,8-11H2,1-7H3/t19-/m1/s1. The fourth-order valence-corrected chi connectivity index (χ4v) is 3.04. The molecule has 124 valence electrons. The van der Waals surface area contributed by atoms with Crippen LogP contribution in [0.4, 0.5) is 0 Å². The first-order chi connectivity index (χ1) is 10.0. The van der Waals surface area contributed by atoms with E-state index in [4.69, 9.17) is 9.47 Å². The van der Waals surface area contributed by atoms with Crippen molar-refractivity contribution in [3.8, 4) is 11.5 Å². The van der Waals surface area contributed by atoms with E-state index in [-0.39, 0.29) is 11.2 Å². The molecule has 22 heavy (non-hydrogen) atoms. The Kier molecular flexibility index (Phi) is 4.49. The summed E-state index contributed by atoms with van der Waals surface area (Å²) in [5.41, 5.74) is 3.80. The minimum atomic E-state index is -0.196. The van der Waals surface area contributed by atoms with Gasteiger partial charge in [0.05, 0.1) is 12.2 Å². The summed E-state index contributed by atoms with van der Waals surface area (Å²) in [6, 6.07) is 0. The Hall–Kier alpha value is -1.22. The van der Waals surface area contributed by atoms with Crippen molar-refractivity contribution in [2.24, 2.45) is 0 Å². The summed E-state index contributed by atoms with van der Waals surface area (Å²) in [6.07, 6.45) is 2.78. The molecule has 1 heterocycles. The van der Waals surface area contributed by atoms with Gasteiger partial charge in [0.15, 0.2) is 0 Å². The maximum Gasteiger partial charge on any atom is 0.127 e. The summed E-state index contributed by atoms with van der Waals surface area (Å²) < 4.78 is 12.3. The fraction of sp³-hybridized carbons (Fsp3) is 0.684. The van der Waals surface area contributed by atoms with Gasteiger partial charge in [-0.25, -0.2) is 0 Å². The maximum atomic E-state index is 10.2. The molecule has 0 bridgehead atoms. The maximum absolute atomic E-state index is 10.2. The lowest BCUT2D eigenvalue weighted by Crippen LogP contribution is -2.39. The number of hydrogen-bond donors (Lipinski definition) is 1. The van der Waals surface area contributed by atoms with Crippen LogP contribution in [-0.2, 0) is 11.2 Å². The van der Waals surface area contributed by atoms with E-state index >= 15 is 0 Å². The first kappa shape index (κ1) is 17.1. The molecule has 0 saturated heterocycles. The van der Waals surface area contributed by atoms with Crippen molar-refractivity contribution in [2.75, 3.05) is 6.61 Å². The number of aromatic hydroxyl groups is 1. The van der Waals surface area contributed by atoms with Crippen LogP contribution in [0.15, 0.2) is 0 Å². The molecule has 0 spiro atoms. The highest BCUT2D eigenvalue weighted by Crippen LogP contribution is 2.44. The summed E-state index contributed by atoms with van der Waals surface area (Å²) >= 11 is 0. The summed E-state index contributed by atoms with van der Waals surface area (Å²) in [7, 11) is 0. The monoisotopic (exact) mass is 306 g/mol. The molecule has 1 atom stereocenters. The number of hydrogen-bond acceptors (Lipinski definition) is 3. The molecule has 0 fully saturated rings. The van der Waals surface area contributed by atoms with Gasteiger partial charge in [0, 0.05) is 12.0 Å². The van der Waals surface area contributed by atoms with Crippen LogP contribution in [0.2, 0.25) is 0 Å². The van der Waals surface area contributed by atoms with Crippen molar-refractivity contribution >= 4 is 0 Å². The first-order valence-electron chi connectivity index (χ1n) is 8.19. The van der Waals surface area contributed by atoms with Gasteiger partial charge in [-0.2, -0.15) is 0 Å². The van der Waals surface area contributed by atoms with Crippen LogP contribution < -0.4 is 4.74 Å². The van der Waals surface area contributed by atoms with Gasteiger partial charge in [-0.05, 0) is 78.0 Å². The molecular weight excluding hydrogens is 276 g/mol. The van der Waals surface area contributed by atoms with Crippen molar-refractivity contribution in [3.63, 3.8) is 0 Å². The van der Waals surface area contributed by atoms with E-state index in [1.54, 1.807) is 0 Å². The minimum Gasteiger partial charge on any atom is -0.507 e. The van der Waals surface area contributed by atoms with E-state index in [1.165, 1.54) is 0 Å². The van der Waals surface area contributed by atoms with Crippen LogP contribution >= 0.6 is 0 Å². The Balaban J connectivity index is 2.20. The fourth-order valence-electron chi connectivity index (χ4n) is 3.04. The zero-order valence-corrected chi connectivity index (χ0v) is 15.1. The molecule has 1 aromatic rings. The highest BCUT2D eigenvalue weighted by Gasteiger charge is 2.34. The molecule has 0 aromatic heterocycles. The molecule has 3 heteroatoms. The smallest absolute Gasteiger partial charge is 0.127 e. The molecule has 0 aliphatic carbocycles. The van der Waals surface area contributed by atoms with Crippen LogP contribution in [0.5, 0.6) is 11.5 Å². The summed E-state index contributed by atoms with van der Waals surface area (Å²) in [4.78, 5) is 0. The van der Waals surface area contributed by atoms with E-state index in [0.29, 0.717) is 12.4 Å². The van der Waals surface area contributed by atoms with E-state index in [9.17, 15) is 5.11 Å². The SMILES string of the molecule is Cc1c(C)c2c(c(C)c1O)CC[C@](C)(CCOC(C)(C)C)O2. The number of benzene rings is 1. The average molecular weight is 306 g/mol. The largest absolute Gasteiger partial charge is 0.507 e. The van der Waals surface area contributed by atoms with Crippen molar-refractivity contribution in [1.29, 1.82) is 0 Å². The molecule has 2 rings (SSSR count).